The van der Waals surface area contributed by atoms with Gasteiger partial charge in [-0.3, -0.25) is 0 Å². The number of unbranched alkanes of at least 4 members (excludes halogenated alkanes) is 1. The van der Waals surface area contributed by atoms with Crippen LogP contribution in [0.5, 0.6) is 0 Å². The van der Waals surface area contributed by atoms with Crippen molar-refractivity contribution in [3.05, 3.63) is 18.7 Å². The van der Waals surface area contributed by atoms with E-state index in [0.29, 0.717) is 0 Å². The molecular formula is C10H21N3. The first-order valence-corrected chi connectivity index (χ1v) is 5.00. The summed E-state index contributed by atoms with van der Waals surface area (Å²) in [6.07, 6.45) is 9.18. The molecular weight excluding hydrogens is 162 g/mol. The highest BCUT2D eigenvalue weighted by Gasteiger charge is 1.85. The third-order valence-electron chi connectivity index (χ3n) is 1.68. The van der Waals surface area contributed by atoms with E-state index in [0.717, 1.165) is 19.5 Å². The van der Waals surface area contributed by atoms with Gasteiger partial charge in [0.25, 0.3) is 0 Å². The fourth-order valence-electron chi connectivity index (χ4n) is 0.693. The summed E-state index contributed by atoms with van der Waals surface area (Å²) in [6, 6.07) is 0. The third-order valence-corrected chi connectivity index (χ3v) is 1.68. The zero-order chi connectivity index (χ0) is 9.94. The first kappa shape index (κ1) is 12.2. The summed E-state index contributed by atoms with van der Waals surface area (Å²) in [5, 5.41) is 0. The van der Waals surface area contributed by atoms with Crippen LogP contribution in [0.3, 0.4) is 0 Å². The van der Waals surface area contributed by atoms with E-state index in [1.807, 2.05) is 10.8 Å². The molecule has 0 saturated heterocycles. The van der Waals surface area contributed by atoms with Gasteiger partial charge in [-0.1, -0.05) is 26.7 Å². The van der Waals surface area contributed by atoms with E-state index in [2.05, 4.69) is 18.8 Å². The molecule has 1 aromatic rings. The van der Waals surface area contributed by atoms with Crippen molar-refractivity contribution in [2.75, 3.05) is 6.54 Å². The summed E-state index contributed by atoms with van der Waals surface area (Å²) in [7, 11) is 0. The van der Waals surface area contributed by atoms with Crippen LogP contribution in [0.1, 0.15) is 33.1 Å². The van der Waals surface area contributed by atoms with Crippen LogP contribution in [0.4, 0.5) is 0 Å². The van der Waals surface area contributed by atoms with E-state index >= 15 is 0 Å². The summed E-state index contributed by atoms with van der Waals surface area (Å²) in [6.45, 7) is 6.09. The van der Waals surface area contributed by atoms with Gasteiger partial charge in [-0.15, -0.1) is 0 Å². The average molecular weight is 183 g/mol. The molecule has 1 heterocycles. The fraction of sp³-hybridized carbons (Fsp3) is 0.700. The zero-order valence-corrected chi connectivity index (χ0v) is 8.74. The first-order chi connectivity index (χ1) is 6.35. The highest BCUT2D eigenvalue weighted by molar-refractivity contribution is 4.73. The molecule has 1 rings (SSSR count). The molecule has 76 valence electrons. The number of rotatable bonds is 4. The Bertz CT molecular complexity index is 168. The van der Waals surface area contributed by atoms with Gasteiger partial charge in [0.05, 0.1) is 6.33 Å². The van der Waals surface area contributed by atoms with Gasteiger partial charge in [0.2, 0.25) is 0 Å². The molecule has 0 bridgehead atoms. The molecule has 0 saturated carbocycles. The van der Waals surface area contributed by atoms with E-state index < -0.39 is 0 Å². The minimum Gasteiger partial charge on any atom is -0.337 e. The van der Waals surface area contributed by atoms with Gasteiger partial charge in [0, 0.05) is 18.9 Å². The smallest absolute Gasteiger partial charge is 0.0945 e. The Labute approximate surface area is 81.0 Å². The number of nitrogens with two attached hydrogens (primary N) is 1. The molecule has 1 aromatic heterocycles. The molecule has 0 amide bonds. The Morgan fingerprint density at radius 1 is 1.31 bits per heavy atom. The Balaban J connectivity index is 0.000000310. The van der Waals surface area contributed by atoms with Gasteiger partial charge in [0.1, 0.15) is 0 Å². The minimum absolute atomic E-state index is 0.748. The summed E-state index contributed by atoms with van der Waals surface area (Å²) in [5.74, 6) is 0. The van der Waals surface area contributed by atoms with E-state index in [9.17, 15) is 0 Å². The topological polar surface area (TPSA) is 43.8 Å². The van der Waals surface area contributed by atoms with Crippen LogP contribution in [-0.2, 0) is 6.54 Å². The van der Waals surface area contributed by atoms with Crippen LogP contribution in [0.2, 0.25) is 0 Å². The van der Waals surface area contributed by atoms with Crippen LogP contribution in [0.15, 0.2) is 18.7 Å². The van der Waals surface area contributed by atoms with Crippen molar-refractivity contribution < 1.29 is 0 Å². The number of hydrogen-bond acceptors (Lipinski definition) is 2. The highest BCUT2D eigenvalue weighted by atomic mass is 15.0. The summed E-state index contributed by atoms with van der Waals surface area (Å²) in [5.41, 5.74) is 5.31. The molecule has 0 aliphatic carbocycles. The summed E-state index contributed by atoms with van der Waals surface area (Å²) >= 11 is 0. The van der Waals surface area contributed by atoms with Crippen molar-refractivity contribution in [3.63, 3.8) is 0 Å². The molecule has 0 aliphatic rings. The van der Waals surface area contributed by atoms with Crippen molar-refractivity contribution in [1.29, 1.82) is 0 Å². The lowest BCUT2D eigenvalue weighted by molar-refractivity contribution is 0.650. The standard InChI is InChI=1S/C6H11N3.C4H10/c7-2-1-4-9-5-3-8-6-9;1-3-4-2/h3,5-6H,1-2,4,7H2;3-4H2,1-2H3. The molecule has 3 heteroatoms. The van der Waals surface area contributed by atoms with Gasteiger partial charge in [-0.05, 0) is 13.0 Å². The SMILES string of the molecule is CCCC.NCCCn1ccnc1. The number of nitrogens with zero attached hydrogens (tertiary/aromatic N) is 2. The maximum absolute atomic E-state index is 5.31. The van der Waals surface area contributed by atoms with Crippen LogP contribution in [0.25, 0.3) is 0 Å². The lowest BCUT2D eigenvalue weighted by Gasteiger charge is -1.96. The van der Waals surface area contributed by atoms with Crippen molar-refractivity contribution in [2.24, 2.45) is 5.73 Å². The van der Waals surface area contributed by atoms with Gasteiger partial charge in [-0.25, -0.2) is 4.98 Å². The predicted octanol–water partition coefficient (Wildman–Crippen LogP) is 2.04. The maximum Gasteiger partial charge on any atom is 0.0945 e. The lowest BCUT2D eigenvalue weighted by atomic mass is 10.4. The molecule has 0 radical (unpaired) electrons. The quantitative estimate of drug-likeness (QED) is 0.776. The molecule has 2 N–H and O–H groups in total. The van der Waals surface area contributed by atoms with Crippen molar-refractivity contribution in [3.8, 4) is 0 Å². The third kappa shape index (κ3) is 7.53. The first-order valence-electron chi connectivity index (χ1n) is 5.00. The van der Waals surface area contributed by atoms with Gasteiger partial charge in [0.15, 0.2) is 0 Å². The molecule has 0 fully saturated rings. The number of aromatic nitrogens is 2. The van der Waals surface area contributed by atoms with Crippen LogP contribution in [0, 0.1) is 0 Å². The number of imidazole rings is 1. The van der Waals surface area contributed by atoms with E-state index in [1.54, 1.807) is 12.5 Å². The highest BCUT2D eigenvalue weighted by Crippen LogP contribution is 1.87. The summed E-state index contributed by atoms with van der Waals surface area (Å²) in [4.78, 5) is 3.90. The molecule has 0 spiro atoms. The van der Waals surface area contributed by atoms with Crippen LogP contribution in [-0.4, -0.2) is 16.1 Å². The Kier molecular flexibility index (Phi) is 8.67. The van der Waals surface area contributed by atoms with Gasteiger partial charge in [-0.2, -0.15) is 0 Å². The summed E-state index contributed by atoms with van der Waals surface area (Å²) < 4.78 is 2.02. The Hall–Kier alpha value is -0.830. The largest absolute Gasteiger partial charge is 0.337 e. The van der Waals surface area contributed by atoms with E-state index in [-0.39, 0.29) is 0 Å². The maximum atomic E-state index is 5.31. The van der Waals surface area contributed by atoms with E-state index in [4.69, 9.17) is 5.73 Å². The monoisotopic (exact) mass is 183 g/mol. The van der Waals surface area contributed by atoms with Crippen LogP contribution >= 0.6 is 0 Å². The second-order valence-electron chi connectivity index (χ2n) is 2.94. The molecule has 13 heavy (non-hydrogen) atoms. The van der Waals surface area contributed by atoms with Crippen molar-refractivity contribution in [2.45, 2.75) is 39.7 Å². The Morgan fingerprint density at radius 3 is 2.38 bits per heavy atom. The van der Waals surface area contributed by atoms with Crippen LogP contribution < -0.4 is 5.73 Å². The lowest BCUT2D eigenvalue weighted by Crippen LogP contribution is -2.03. The average Bonchev–Trinajstić information content (AvgIpc) is 2.67. The van der Waals surface area contributed by atoms with Crippen molar-refractivity contribution >= 4 is 0 Å². The second-order valence-corrected chi connectivity index (χ2v) is 2.94. The Morgan fingerprint density at radius 2 is 2.00 bits per heavy atom. The van der Waals surface area contributed by atoms with E-state index in [1.165, 1.54) is 12.8 Å². The number of hydrogen-bond donors (Lipinski definition) is 1. The molecule has 0 aliphatic heterocycles. The minimum atomic E-state index is 0.748. The number of aryl methyl sites for hydroxylation is 1. The second kappa shape index (κ2) is 9.26. The zero-order valence-electron chi connectivity index (χ0n) is 8.74. The molecule has 0 aromatic carbocycles. The molecule has 0 unspecified atom stereocenters. The fourth-order valence-corrected chi connectivity index (χ4v) is 0.693. The van der Waals surface area contributed by atoms with Crippen molar-refractivity contribution in [1.82, 2.24) is 9.55 Å². The van der Waals surface area contributed by atoms with Gasteiger partial charge >= 0.3 is 0 Å². The molecule has 3 nitrogen and oxygen atoms in total. The van der Waals surface area contributed by atoms with Gasteiger partial charge < -0.3 is 10.3 Å². The normalized spacial score (nSPS) is 9.15. The molecule has 0 atom stereocenters. The predicted molar refractivity (Wildman–Crippen MR) is 56.5 cm³/mol.